The van der Waals surface area contributed by atoms with Crippen LogP contribution in [-0.2, 0) is 6.54 Å². The van der Waals surface area contributed by atoms with Crippen LogP contribution in [0, 0.1) is 0 Å². The Labute approximate surface area is 102 Å². The second-order valence-electron chi connectivity index (χ2n) is 4.50. The van der Waals surface area contributed by atoms with Gasteiger partial charge in [-0.1, -0.05) is 41.1 Å². The smallest absolute Gasteiger partial charge is 0.0693 e. The predicted octanol–water partition coefficient (Wildman–Crippen LogP) is 2.67. The number of hydrogen-bond donors (Lipinski definition) is 1. The van der Waals surface area contributed by atoms with Crippen molar-refractivity contribution in [1.82, 2.24) is 4.90 Å². The lowest BCUT2D eigenvalue weighted by molar-refractivity contribution is 0.279. The molecule has 0 unspecified atom stereocenters. The van der Waals surface area contributed by atoms with Crippen molar-refractivity contribution in [2.24, 2.45) is 5.16 Å². The normalized spacial score (nSPS) is 17.9. The molecule has 0 amide bonds. The third-order valence-electron chi connectivity index (χ3n) is 3.17. The summed E-state index contributed by atoms with van der Waals surface area (Å²) in [5.41, 5.74) is 3.81. The minimum absolute atomic E-state index is 0.955. The van der Waals surface area contributed by atoms with Crippen LogP contribution < -0.4 is 0 Å². The number of nitrogens with zero attached hydrogens (tertiary/aromatic N) is 2. The zero-order valence-corrected chi connectivity index (χ0v) is 10.1. The number of hydrogen-bond acceptors (Lipinski definition) is 3. The standard InChI is InChI=1S/C14H18N2O/c1-12-10-16(8-7-14(12)9-15-17)11-13-5-3-2-4-6-13/h2-6,9,17H,7-8,10-11H2,1H3/b15-9+. The topological polar surface area (TPSA) is 35.8 Å². The van der Waals surface area contributed by atoms with Gasteiger partial charge in [-0.15, -0.1) is 0 Å². The largest absolute Gasteiger partial charge is 0.411 e. The van der Waals surface area contributed by atoms with E-state index in [0.717, 1.165) is 31.6 Å². The Morgan fingerprint density at radius 2 is 2.12 bits per heavy atom. The van der Waals surface area contributed by atoms with Crippen LogP contribution in [0.5, 0.6) is 0 Å². The van der Waals surface area contributed by atoms with Gasteiger partial charge >= 0.3 is 0 Å². The summed E-state index contributed by atoms with van der Waals surface area (Å²) < 4.78 is 0. The molecule has 0 saturated heterocycles. The Kier molecular flexibility index (Phi) is 3.94. The Morgan fingerprint density at radius 3 is 2.76 bits per heavy atom. The second kappa shape index (κ2) is 5.64. The van der Waals surface area contributed by atoms with E-state index in [1.807, 2.05) is 6.07 Å². The van der Waals surface area contributed by atoms with Crippen molar-refractivity contribution in [1.29, 1.82) is 0 Å². The Balaban J connectivity index is 1.99. The molecule has 0 atom stereocenters. The summed E-state index contributed by atoms with van der Waals surface area (Å²) in [4.78, 5) is 2.42. The van der Waals surface area contributed by atoms with Gasteiger partial charge in [0.05, 0.1) is 6.21 Å². The molecule has 1 heterocycles. The molecule has 3 heteroatoms. The molecule has 1 N–H and O–H groups in total. The van der Waals surface area contributed by atoms with Gasteiger partial charge in [0, 0.05) is 19.6 Å². The average molecular weight is 230 g/mol. The molecule has 1 aliphatic rings. The maximum Gasteiger partial charge on any atom is 0.0693 e. The summed E-state index contributed by atoms with van der Waals surface area (Å²) in [5, 5.41) is 11.7. The summed E-state index contributed by atoms with van der Waals surface area (Å²) in [6, 6.07) is 10.5. The first-order chi connectivity index (χ1) is 8.29. The van der Waals surface area contributed by atoms with E-state index < -0.39 is 0 Å². The molecule has 0 aliphatic carbocycles. The summed E-state index contributed by atoms with van der Waals surface area (Å²) in [6.45, 7) is 5.07. The van der Waals surface area contributed by atoms with Crippen molar-refractivity contribution < 1.29 is 5.21 Å². The molecule has 0 radical (unpaired) electrons. The lowest BCUT2D eigenvalue weighted by Crippen LogP contribution is -2.31. The maximum atomic E-state index is 8.56. The molecule has 0 spiro atoms. The van der Waals surface area contributed by atoms with Crippen molar-refractivity contribution >= 4 is 6.21 Å². The Bertz CT molecular complexity index is 423. The van der Waals surface area contributed by atoms with Crippen molar-refractivity contribution in [2.75, 3.05) is 13.1 Å². The fourth-order valence-corrected chi connectivity index (χ4v) is 2.23. The zero-order valence-electron chi connectivity index (χ0n) is 10.1. The van der Waals surface area contributed by atoms with E-state index in [1.165, 1.54) is 11.1 Å². The zero-order chi connectivity index (χ0) is 12.1. The molecule has 2 rings (SSSR count). The van der Waals surface area contributed by atoms with Gasteiger partial charge in [0.1, 0.15) is 0 Å². The molecule has 3 nitrogen and oxygen atoms in total. The maximum absolute atomic E-state index is 8.56. The van der Waals surface area contributed by atoms with E-state index in [-0.39, 0.29) is 0 Å². The lowest BCUT2D eigenvalue weighted by atomic mass is 10.0. The summed E-state index contributed by atoms with van der Waals surface area (Å²) in [6.07, 6.45) is 2.53. The highest BCUT2D eigenvalue weighted by Crippen LogP contribution is 2.18. The van der Waals surface area contributed by atoms with Gasteiger partial charge in [0.25, 0.3) is 0 Å². The van der Waals surface area contributed by atoms with E-state index in [4.69, 9.17) is 5.21 Å². The molecule has 1 aliphatic heterocycles. The van der Waals surface area contributed by atoms with Gasteiger partial charge in [-0.2, -0.15) is 0 Å². The van der Waals surface area contributed by atoms with Crippen molar-refractivity contribution in [3.05, 3.63) is 47.0 Å². The van der Waals surface area contributed by atoms with Gasteiger partial charge < -0.3 is 5.21 Å². The number of rotatable bonds is 3. The molecule has 0 bridgehead atoms. The SMILES string of the molecule is CC1=C(/C=N/O)CCN(Cc2ccccc2)C1. The first-order valence-corrected chi connectivity index (χ1v) is 5.92. The van der Waals surface area contributed by atoms with Crippen LogP contribution in [0.1, 0.15) is 18.9 Å². The quantitative estimate of drug-likeness (QED) is 0.492. The van der Waals surface area contributed by atoms with Gasteiger partial charge in [-0.3, -0.25) is 4.90 Å². The average Bonchev–Trinajstić information content (AvgIpc) is 2.34. The third kappa shape index (κ3) is 3.17. The molecule has 90 valence electrons. The highest BCUT2D eigenvalue weighted by atomic mass is 16.4. The molecule has 0 saturated carbocycles. The van der Waals surface area contributed by atoms with Gasteiger partial charge in [-0.25, -0.2) is 0 Å². The lowest BCUT2D eigenvalue weighted by Gasteiger charge is -2.28. The van der Waals surface area contributed by atoms with Crippen molar-refractivity contribution in [3.8, 4) is 0 Å². The Morgan fingerprint density at radius 1 is 1.35 bits per heavy atom. The van der Waals surface area contributed by atoms with Crippen LogP contribution in [0.2, 0.25) is 0 Å². The molecule has 0 aromatic heterocycles. The first-order valence-electron chi connectivity index (χ1n) is 5.92. The van der Waals surface area contributed by atoms with E-state index in [9.17, 15) is 0 Å². The van der Waals surface area contributed by atoms with Gasteiger partial charge in [-0.05, 0) is 24.5 Å². The monoisotopic (exact) mass is 230 g/mol. The minimum atomic E-state index is 0.955. The van der Waals surface area contributed by atoms with Crippen LogP contribution in [0.25, 0.3) is 0 Å². The van der Waals surface area contributed by atoms with Crippen molar-refractivity contribution in [2.45, 2.75) is 19.9 Å². The van der Waals surface area contributed by atoms with E-state index in [1.54, 1.807) is 6.21 Å². The predicted molar refractivity (Wildman–Crippen MR) is 69.3 cm³/mol. The molecule has 0 fully saturated rings. The third-order valence-corrected chi connectivity index (χ3v) is 3.17. The Hall–Kier alpha value is -1.61. The highest BCUT2D eigenvalue weighted by Gasteiger charge is 2.15. The van der Waals surface area contributed by atoms with Crippen LogP contribution in [0.3, 0.4) is 0 Å². The van der Waals surface area contributed by atoms with E-state index >= 15 is 0 Å². The summed E-state index contributed by atoms with van der Waals surface area (Å²) >= 11 is 0. The number of benzene rings is 1. The van der Waals surface area contributed by atoms with Crippen molar-refractivity contribution in [3.63, 3.8) is 0 Å². The fraction of sp³-hybridized carbons (Fsp3) is 0.357. The molecule has 1 aromatic carbocycles. The molecule has 17 heavy (non-hydrogen) atoms. The molecule has 1 aromatic rings. The molecular formula is C14H18N2O. The van der Waals surface area contributed by atoms with Crippen LogP contribution >= 0.6 is 0 Å². The first kappa shape index (κ1) is 11.9. The fourth-order valence-electron chi connectivity index (χ4n) is 2.23. The molecular weight excluding hydrogens is 212 g/mol. The van der Waals surface area contributed by atoms with Gasteiger partial charge in [0.2, 0.25) is 0 Å². The second-order valence-corrected chi connectivity index (χ2v) is 4.50. The van der Waals surface area contributed by atoms with E-state index in [2.05, 4.69) is 41.2 Å². The number of oxime groups is 1. The van der Waals surface area contributed by atoms with Crippen LogP contribution in [0.15, 0.2) is 46.6 Å². The summed E-state index contributed by atoms with van der Waals surface area (Å²) in [7, 11) is 0. The van der Waals surface area contributed by atoms with Crippen LogP contribution in [-0.4, -0.2) is 29.4 Å². The highest BCUT2D eigenvalue weighted by molar-refractivity contribution is 5.79. The van der Waals surface area contributed by atoms with Gasteiger partial charge in [0.15, 0.2) is 0 Å². The van der Waals surface area contributed by atoms with E-state index in [0.29, 0.717) is 0 Å². The minimum Gasteiger partial charge on any atom is -0.411 e. The van der Waals surface area contributed by atoms with Crippen LogP contribution in [0.4, 0.5) is 0 Å². The summed E-state index contributed by atoms with van der Waals surface area (Å²) in [5.74, 6) is 0.